The smallest absolute Gasteiger partial charge is 0.136 e. The van der Waals surface area contributed by atoms with Crippen LogP contribution in [-0.2, 0) is 0 Å². The molecule has 1 aromatic heterocycles. The molecule has 2 heteroatoms. The van der Waals surface area contributed by atoms with Gasteiger partial charge in [0, 0.05) is 23.5 Å². The van der Waals surface area contributed by atoms with Crippen molar-refractivity contribution in [1.82, 2.24) is 4.98 Å². The molecule has 0 saturated heterocycles. The molecule has 2 nitrogen and oxygen atoms in total. The van der Waals surface area contributed by atoms with Crippen LogP contribution in [0.15, 0.2) is 54.9 Å². The van der Waals surface area contributed by atoms with Crippen LogP contribution in [0.25, 0.3) is 0 Å². The van der Waals surface area contributed by atoms with E-state index in [4.69, 9.17) is 0 Å². The number of nitrogens with zero attached hydrogens (tertiary/aromatic N) is 1. The first-order chi connectivity index (χ1) is 6.88. The molecule has 70 valence electrons. The summed E-state index contributed by atoms with van der Waals surface area (Å²) in [6, 6.07) is 14.5. The number of hydrogen-bond acceptors (Lipinski definition) is 1. The molecule has 0 fully saturated rings. The molecular formula is C12H13N2+. The number of pyridine rings is 1. The zero-order chi connectivity index (χ0) is 9.80. The Bertz CT molecular complexity index is 344. The Balaban J connectivity index is 2.30. The highest BCUT2D eigenvalue weighted by atomic mass is 14.7. The highest BCUT2D eigenvalue weighted by Crippen LogP contribution is 2.15. The summed E-state index contributed by atoms with van der Waals surface area (Å²) in [7, 11) is 0. The lowest BCUT2D eigenvalue weighted by Gasteiger charge is -2.07. The minimum atomic E-state index is 0.194. The molecule has 0 spiro atoms. The molecule has 1 atom stereocenters. The van der Waals surface area contributed by atoms with E-state index in [1.807, 2.05) is 30.3 Å². The molecule has 1 heterocycles. The highest BCUT2D eigenvalue weighted by Gasteiger charge is 2.10. The van der Waals surface area contributed by atoms with Gasteiger partial charge in [-0.25, -0.2) is 0 Å². The average Bonchev–Trinajstić information content (AvgIpc) is 2.30. The summed E-state index contributed by atoms with van der Waals surface area (Å²) in [5.41, 5.74) is 6.59. The van der Waals surface area contributed by atoms with E-state index in [2.05, 4.69) is 22.9 Å². The van der Waals surface area contributed by atoms with Gasteiger partial charge in [0.25, 0.3) is 0 Å². The summed E-state index contributed by atoms with van der Waals surface area (Å²) in [6.45, 7) is 0. The van der Waals surface area contributed by atoms with Crippen molar-refractivity contribution in [2.75, 3.05) is 0 Å². The molecule has 0 aliphatic carbocycles. The molecule has 0 bridgehead atoms. The number of aromatic nitrogens is 1. The van der Waals surface area contributed by atoms with Crippen LogP contribution in [0.1, 0.15) is 17.2 Å². The van der Waals surface area contributed by atoms with Crippen LogP contribution in [0.3, 0.4) is 0 Å². The zero-order valence-corrected chi connectivity index (χ0v) is 7.93. The monoisotopic (exact) mass is 185 g/mol. The van der Waals surface area contributed by atoms with Crippen molar-refractivity contribution in [1.29, 1.82) is 0 Å². The Morgan fingerprint density at radius 3 is 2.07 bits per heavy atom. The van der Waals surface area contributed by atoms with E-state index in [1.54, 1.807) is 12.4 Å². The van der Waals surface area contributed by atoms with Gasteiger partial charge in [0.05, 0.1) is 0 Å². The minimum absolute atomic E-state index is 0.194. The van der Waals surface area contributed by atoms with Gasteiger partial charge in [0.15, 0.2) is 0 Å². The fourth-order valence-electron chi connectivity index (χ4n) is 1.47. The molecule has 0 aliphatic heterocycles. The van der Waals surface area contributed by atoms with Gasteiger partial charge in [-0.1, -0.05) is 30.3 Å². The summed E-state index contributed by atoms with van der Waals surface area (Å²) in [5.74, 6) is 0. The van der Waals surface area contributed by atoms with E-state index >= 15 is 0 Å². The van der Waals surface area contributed by atoms with Gasteiger partial charge < -0.3 is 5.73 Å². The van der Waals surface area contributed by atoms with Crippen LogP contribution in [0.4, 0.5) is 0 Å². The predicted molar refractivity (Wildman–Crippen MR) is 55.4 cm³/mol. The first-order valence-corrected chi connectivity index (χ1v) is 4.66. The molecule has 0 amide bonds. The normalized spacial score (nSPS) is 12.4. The summed E-state index contributed by atoms with van der Waals surface area (Å²) >= 11 is 0. The Labute approximate surface area is 83.4 Å². The van der Waals surface area contributed by atoms with Gasteiger partial charge in [-0.05, 0) is 12.1 Å². The van der Waals surface area contributed by atoms with E-state index in [0.29, 0.717) is 0 Å². The largest absolute Gasteiger partial charge is 0.348 e. The van der Waals surface area contributed by atoms with Crippen LogP contribution < -0.4 is 5.73 Å². The van der Waals surface area contributed by atoms with Gasteiger partial charge in [0.2, 0.25) is 0 Å². The molecule has 14 heavy (non-hydrogen) atoms. The van der Waals surface area contributed by atoms with E-state index in [-0.39, 0.29) is 6.04 Å². The maximum Gasteiger partial charge on any atom is 0.136 e. The fraction of sp³-hybridized carbons (Fsp3) is 0.0833. The zero-order valence-electron chi connectivity index (χ0n) is 7.93. The van der Waals surface area contributed by atoms with Crippen molar-refractivity contribution < 1.29 is 5.73 Å². The molecule has 0 aliphatic rings. The topological polar surface area (TPSA) is 40.5 Å². The summed E-state index contributed by atoms with van der Waals surface area (Å²) in [4.78, 5) is 3.99. The number of hydrogen-bond donors (Lipinski definition) is 1. The quantitative estimate of drug-likeness (QED) is 0.755. The van der Waals surface area contributed by atoms with Crippen LogP contribution in [0.5, 0.6) is 0 Å². The molecule has 2 aromatic rings. The van der Waals surface area contributed by atoms with Crippen molar-refractivity contribution in [3.63, 3.8) is 0 Å². The van der Waals surface area contributed by atoms with E-state index in [1.165, 1.54) is 11.1 Å². The third kappa shape index (κ3) is 1.80. The third-order valence-electron chi connectivity index (χ3n) is 2.31. The minimum Gasteiger partial charge on any atom is -0.348 e. The van der Waals surface area contributed by atoms with Crippen LogP contribution >= 0.6 is 0 Å². The van der Waals surface area contributed by atoms with E-state index < -0.39 is 0 Å². The van der Waals surface area contributed by atoms with Crippen LogP contribution in [-0.4, -0.2) is 4.98 Å². The van der Waals surface area contributed by atoms with E-state index in [0.717, 1.165) is 0 Å². The van der Waals surface area contributed by atoms with Gasteiger partial charge in [-0.15, -0.1) is 0 Å². The number of benzene rings is 1. The van der Waals surface area contributed by atoms with Crippen LogP contribution in [0.2, 0.25) is 0 Å². The van der Waals surface area contributed by atoms with Gasteiger partial charge >= 0.3 is 0 Å². The van der Waals surface area contributed by atoms with Crippen molar-refractivity contribution in [3.05, 3.63) is 66.0 Å². The second-order valence-electron chi connectivity index (χ2n) is 3.24. The van der Waals surface area contributed by atoms with Crippen molar-refractivity contribution >= 4 is 0 Å². The summed E-state index contributed by atoms with van der Waals surface area (Å²) < 4.78 is 0. The fourth-order valence-corrected chi connectivity index (χ4v) is 1.47. The lowest BCUT2D eigenvalue weighted by atomic mass is 10.0. The average molecular weight is 185 g/mol. The van der Waals surface area contributed by atoms with Crippen molar-refractivity contribution in [2.24, 2.45) is 0 Å². The Kier molecular flexibility index (Phi) is 2.56. The number of rotatable bonds is 2. The second-order valence-corrected chi connectivity index (χ2v) is 3.24. The highest BCUT2D eigenvalue weighted by molar-refractivity contribution is 5.27. The molecule has 0 saturated carbocycles. The first kappa shape index (κ1) is 8.91. The maximum absolute atomic E-state index is 4.15. The van der Waals surface area contributed by atoms with Crippen molar-refractivity contribution in [2.45, 2.75) is 6.04 Å². The van der Waals surface area contributed by atoms with Crippen molar-refractivity contribution in [3.8, 4) is 0 Å². The maximum atomic E-state index is 4.15. The number of quaternary nitrogens is 1. The first-order valence-electron chi connectivity index (χ1n) is 4.66. The standard InChI is InChI=1S/C12H12N2/c13-12(10-4-2-1-3-5-10)11-6-8-14-9-7-11/h1-9,12H,13H2/p+1/t12-/m1/s1. The van der Waals surface area contributed by atoms with Gasteiger partial charge in [0.1, 0.15) is 6.04 Å². The molecule has 0 radical (unpaired) electrons. The molecule has 1 aromatic carbocycles. The SMILES string of the molecule is [NH3+][C@H](c1ccccc1)c1ccncc1. The Morgan fingerprint density at radius 1 is 0.857 bits per heavy atom. The van der Waals surface area contributed by atoms with Gasteiger partial charge in [-0.2, -0.15) is 0 Å². The Hall–Kier alpha value is -1.67. The van der Waals surface area contributed by atoms with E-state index in [9.17, 15) is 0 Å². The van der Waals surface area contributed by atoms with Gasteiger partial charge in [-0.3, -0.25) is 4.98 Å². The molecule has 3 N–H and O–H groups in total. The lowest BCUT2D eigenvalue weighted by Crippen LogP contribution is -2.53. The Morgan fingerprint density at radius 2 is 1.43 bits per heavy atom. The third-order valence-corrected chi connectivity index (χ3v) is 2.31. The lowest BCUT2D eigenvalue weighted by molar-refractivity contribution is -0.411. The second kappa shape index (κ2) is 4.03. The molecule has 0 unspecified atom stereocenters. The summed E-state index contributed by atoms with van der Waals surface area (Å²) in [6.07, 6.45) is 3.60. The molecule has 2 rings (SSSR count). The van der Waals surface area contributed by atoms with Crippen LogP contribution in [0, 0.1) is 0 Å². The summed E-state index contributed by atoms with van der Waals surface area (Å²) in [5, 5.41) is 0. The molecular weight excluding hydrogens is 172 g/mol. The predicted octanol–water partition coefficient (Wildman–Crippen LogP) is 1.41.